The van der Waals surface area contributed by atoms with Crippen molar-refractivity contribution in [3.05, 3.63) is 38.3 Å². The van der Waals surface area contributed by atoms with Crippen molar-refractivity contribution < 1.29 is 9.66 Å². The predicted octanol–water partition coefficient (Wildman–Crippen LogP) is 2.97. The molecule has 2 rings (SSSR count). The molecule has 1 fully saturated rings. The van der Waals surface area contributed by atoms with Gasteiger partial charge in [0.05, 0.1) is 16.0 Å². The van der Waals surface area contributed by atoms with Gasteiger partial charge < -0.3 is 4.74 Å². The molecule has 19 heavy (non-hydrogen) atoms. The molecule has 0 bridgehead atoms. The Balaban J connectivity index is 2.12. The first-order valence-electron chi connectivity index (χ1n) is 6.28. The lowest BCUT2D eigenvalue weighted by Gasteiger charge is -2.22. The number of ether oxygens (including phenoxy) is 1. The number of hydrogen-bond acceptors (Lipinski definition) is 4. The summed E-state index contributed by atoms with van der Waals surface area (Å²) in [6, 6.07) is 5.78. The highest BCUT2D eigenvalue weighted by molar-refractivity contribution is 9.10. The van der Waals surface area contributed by atoms with E-state index in [9.17, 15) is 10.1 Å². The minimum absolute atomic E-state index is 0.125. The van der Waals surface area contributed by atoms with Crippen molar-refractivity contribution in [2.75, 3.05) is 20.3 Å². The Morgan fingerprint density at radius 3 is 2.84 bits per heavy atom. The summed E-state index contributed by atoms with van der Waals surface area (Å²) in [5.41, 5.74) is 1.08. The van der Waals surface area contributed by atoms with Gasteiger partial charge in [0.15, 0.2) is 0 Å². The Hall–Kier alpha value is -0.980. The summed E-state index contributed by atoms with van der Waals surface area (Å²) < 4.78 is 5.70. The van der Waals surface area contributed by atoms with Crippen LogP contribution in [0.15, 0.2) is 22.7 Å². The SMILES string of the molecule is COCCN(Cc1cccc([N+](=O)[O-])c1Br)C1CC1. The molecular formula is C13H17BrN2O3. The highest BCUT2D eigenvalue weighted by atomic mass is 79.9. The van der Waals surface area contributed by atoms with Gasteiger partial charge in [-0.2, -0.15) is 0 Å². The predicted molar refractivity (Wildman–Crippen MR) is 76.1 cm³/mol. The highest BCUT2D eigenvalue weighted by Crippen LogP contribution is 2.32. The summed E-state index contributed by atoms with van der Waals surface area (Å²) in [5, 5.41) is 10.9. The third-order valence-corrected chi connectivity index (χ3v) is 4.19. The van der Waals surface area contributed by atoms with E-state index in [1.165, 1.54) is 18.9 Å². The van der Waals surface area contributed by atoms with Gasteiger partial charge >= 0.3 is 0 Å². The molecule has 0 spiro atoms. The Bertz CT molecular complexity index is 463. The van der Waals surface area contributed by atoms with Crippen molar-refractivity contribution in [1.82, 2.24) is 4.90 Å². The second-order valence-electron chi connectivity index (χ2n) is 4.70. The molecule has 0 aliphatic heterocycles. The first-order chi connectivity index (χ1) is 9.13. The number of nitro benzene ring substituents is 1. The molecule has 1 aliphatic carbocycles. The summed E-state index contributed by atoms with van der Waals surface area (Å²) in [4.78, 5) is 12.9. The van der Waals surface area contributed by atoms with E-state index >= 15 is 0 Å². The summed E-state index contributed by atoms with van der Waals surface area (Å²) in [5.74, 6) is 0. The molecule has 5 nitrogen and oxygen atoms in total. The van der Waals surface area contributed by atoms with Gasteiger partial charge in [-0.25, -0.2) is 0 Å². The van der Waals surface area contributed by atoms with Crippen molar-refractivity contribution in [3.8, 4) is 0 Å². The molecule has 0 aromatic heterocycles. The number of benzene rings is 1. The molecule has 6 heteroatoms. The number of nitrogens with zero attached hydrogens (tertiary/aromatic N) is 2. The molecular weight excluding hydrogens is 312 g/mol. The van der Waals surface area contributed by atoms with Crippen LogP contribution in [0.4, 0.5) is 5.69 Å². The van der Waals surface area contributed by atoms with Crippen molar-refractivity contribution in [1.29, 1.82) is 0 Å². The van der Waals surface area contributed by atoms with E-state index in [2.05, 4.69) is 20.8 Å². The number of nitro groups is 1. The molecule has 1 aliphatic rings. The standard InChI is InChI=1S/C13H17BrN2O3/c1-19-8-7-15(11-5-6-11)9-10-3-2-4-12(13(10)14)16(17)18/h2-4,11H,5-9H2,1H3. The second-order valence-corrected chi connectivity index (χ2v) is 5.49. The Kier molecular flexibility index (Phi) is 4.90. The Labute approximate surface area is 120 Å². The van der Waals surface area contributed by atoms with Crippen LogP contribution in [0.5, 0.6) is 0 Å². The molecule has 0 atom stereocenters. The maximum Gasteiger partial charge on any atom is 0.283 e. The lowest BCUT2D eigenvalue weighted by Crippen LogP contribution is -2.29. The van der Waals surface area contributed by atoms with E-state index in [1.54, 1.807) is 13.2 Å². The average molecular weight is 329 g/mol. The van der Waals surface area contributed by atoms with E-state index in [0.717, 1.165) is 18.7 Å². The van der Waals surface area contributed by atoms with Crippen molar-refractivity contribution >= 4 is 21.6 Å². The summed E-state index contributed by atoms with van der Waals surface area (Å²) in [6.07, 6.45) is 2.41. The molecule has 1 aromatic carbocycles. The zero-order valence-electron chi connectivity index (χ0n) is 10.8. The van der Waals surface area contributed by atoms with E-state index in [-0.39, 0.29) is 10.6 Å². The van der Waals surface area contributed by atoms with Crippen LogP contribution in [-0.4, -0.2) is 36.1 Å². The quantitative estimate of drug-likeness (QED) is 0.570. The molecule has 0 N–H and O–H groups in total. The largest absolute Gasteiger partial charge is 0.383 e. The summed E-state index contributed by atoms with van der Waals surface area (Å²) >= 11 is 3.35. The van der Waals surface area contributed by atoms with Gasteiger partial charge in [0.1, 0.15) is 0 Å². The van der Waals surface area contributed by atoms with Crippen LogP contribution >= 0.6 is 15.9 Å². The molecule has 1 aromatic rings. The zero-order valence-corrected chi connectivity index (χ0v) is 12.4. The topological polar surface area (TPSA) is 55.6 Å². The van der Waals surface area contributed by atoms with Crippen LogP contribution in [-0.2, 0) is 11.3 Å². The fourth-order valence-electron chi connectivity index (χ4n) is 2.09. The maximum atomic E-state index is 10.9. The molecule has 0 heterocycles. The van der Waals surface area contributed by atoms with E-state index in [0.29, 0.717) is 17.1 Å². The van der Waals surface area contributed by atoms with Crippen molar-refractivity contribution in [2.24, 2.45) is 0 Å². The van der Waals surface area contributed by atoms with Gasteiger partial charge in [-0.15, -0.1) is 0 Å². The van der Waals surface area contributed by atoms with Crippen LogP contribution < -0.4 is 0 Å². The monoisotopic (exact) mass is 328 g/mol. The molecule has 0 amide bonds. The van der Waals surface area contributed by atoms with Crippen LogP contribution in [0, 0.1) is 10.1 Å². The van der Waals surface area contributed by atoms with Crippen molar-refractivity contribution in [2.45, 2.75) is 25.4 Å². The van der Waals surface area contributed by atoms with Gasteiger partial charge in [-0.1, -0.05) is 12.1 Å². The normalized spacial score (nSPS) is 14.9. The lowest BCUT2D eigenvalue weighted by molar-refractivity contribution is -0.385. The van der Waals surface area contributed by atoms with Gasteiger partial charge in [0.2, 0.25) is 0 Å². The van der Waals surface area contributed by atoms with E-state index in [1.807, 2.05) is 6.07 Å². The molecule has 104 valence electrons. The Morgan fingerprint density at radius 1 is 1.53 bits per heavy atom. The number of halogens is 1. The average Bonchev–Trinajstić information content (AvgIpc) is 3.20. The number of hydrogen-bond donors (Lipinski definition) is 0. The van der Waals surface area contributed by atoms with Crippen LogP contribution in [0.2, 0.25) is 0 Å². The number of rotatable bonds is 7. The second kappa shape index (κ2) is 6.45. The lowest BCUT2D eigenvalue weighted by atomic mass is 10.2. The molecule has 0 unspecified atom stereocenters. The van der Waals surface area contributed by atoms with Gasteiger partial charge in [-0.3, -0.25) is 15.0 Å². The van der Waals surface area contributed by atoms with Crippen LogP contribution in [0.1, 0.15) is 18.4 Å². The van der Waals surface area contributed by atoms with Crippen LogP contribution in [0.25, 0.3) is 0 Å². The third kappa shape index (κ3) is 3.75. The summed E-state index contributed by atoms with van der Waals surface area (Å²) in [7, 11) is 1.69. The zero-order chi connectivity index (χ0) is 13.8. The minimum Gasteiger partial charge on any atom is -0.383 e. The van der Waals surface area contributed by atoms with Crippen molar-refractivity contribution in [3.63, 3.8) is 0 Å². The Morgan fingerprint density at radius 2 is 2.26 bits per heavy atom. The van der Waals surface area contributed by atoms with Gasteiger partial charge in [0, 0.05) is 32.3 Å². The molecule has 1 saturated carbocycles. The smallest absolute Gasteiger partial charge is 0.283 e. The summed E-state index contributed by atoms with van der Waals surface area (Å²) in [6.45, 7) is 2.26. The maximum absolute atomic E-state index is 10.9. The highest BCUT2D eigenvalue weighted by Gasteiger charge is 2.29. The number of methoxy groups -OCH3 is 1. The van der Waals surface area contributed by atoms with Crippen LogP contribution in [0.3, 0.4) is 0 Å². The first-order valence-corrected chi connectivity index (χ1v) is 7.07. The first kappa shape index (κ1) is 14.4. The third-order valence-electron chi connectivity index (χ3n) is 3.27. The van der Waals surface area contributed by atoms with Gasteiger partial charge in [-0.05, 0) is 34.3 Å². The molecule has 0 radical (unpaired) electrons. The van der Waals surface area contributed by atoms with Gasteiger partial charge in [0.25, 0.3) is 5.69 Å². The fraction of sp³-hybridized carbons (Fsp3) is 0.538. The van der Waals surface area contributed by atoms with E-state index < -0.39 is 0 Å². The fourth-order valence-corrected chi connectivity index (χ4v) is 2.62. The minimum atomic E-state index is -0.357. The van der Waals surface area contributed by atoms with E-state index in [4.69, 9.17) is 4.74 Å². The molecule has 0 saturated heterocycles.